The zero-order valence-corrected chi connectivity index (χ0v) is 16.3. The van der Waals surface area contributed by atoms with E-state index in [9.17, 15) is 24.5 Å². The molecule has 1 aliphatic heterocycles. The Morgan fingerprint density at radius 1 is 1.10 bits per heavy atom. The van der Waals surface area contributed by atoms with Crippen LogP contribution in [0, 0.1) is 10.1 Å². The number of amidine groups is 1. The van der Waals surface area contributed by atoms with E-state index < -0.39 is 28.7 Å². The molecule has 1 aromatic rings. The lowest BCUT2D eigenvalue weighted by atomic mass is 9.99. The molecule has 2 amide bonds. The van der Waals surface area contributed by atoms with Gasteiger partial charge in [0.1, 0.15) is 5.84 Å². The molecule has 1 unspecified atom stereocenters. The number of carbonyl (C=O) groups excluding carboxylic acids is 3. The second-order valence-corrected chi connectivity index (χ2v) is 5.65. The van der Waals surface area contributed by atoms with Gasteiger partial charge in [-0.3, -0.25) is 10.1 Å². The molecule has 0 saturated heterocycles. The molecule has 0 aliphatic carbocycles. The van der Waals surface area contributed by atoms with Crippen LogP contribution in [0.4, 0.5) is 15.3 Å². The minimum absolute atomic E-state index is 0.00202. The smallest absolute Gasteiger partial charge is 0.435 e. The molecule has 0 radical (unpaired) electrons. The van der Waals surface area contributed by atoms with Crippen molar-refractivity contribution in [1.29, 1.82) is 0 Å². The van der Waals surface area contributed by atoms with Gasteiger partial charge in [0.15, 0.2) is 0 Å². The van der Waals surface area contributed by atoms with Gasteiger partial charge >= 0.3 is 18.2 Å². The molecular formula is C17H20N4O8. The van der Waals surface area contributed by atoms with Gasteiger partial charge in [-0.05, 0) is 32.9 Å². The van der Waals surface area contributed by atoms with Gasteiger partial charge < -0.3 is 14.2 Å². The highest BCUT2D eigenvalue weighted by Gasteiger charge is 2.59. The number of nitro benzene ring substituents is 1. The third-order valence-electron chi connectivity index (χ3n) is 3.97. The van der Waals surface area contributed by atoms with Crippen LogP contribution in [-0.4, -0.2) is 59.3 Å². The summed E-state index contributed by atoms with van der Waals surface area (Å²) in [6, 6.07) is 4.77. The maximum Gasteiger partial charge on any atom is 0.435 e. The van der Waals surface area contributed by atoms with Crippen LogP contribution < -0.4 is 0 Å². The number of carbonyl (C=O) groups is 3. The second kappa shape index (κ2) is 8.54. The molecule has 0 saturated carbocycles. The Hall–Kier alpha value is -3.70. The third kappa shape index (κ3) is 3.68. The summed E-state index contributed by atoms with van der Waals surface area (Å²) in [5.41, 5.74) is -2.36. The summed E-state index contributed by atoms with van der Waals surface area (Å²) in [5, 5.41) is 12.4. The van der Waals surface area contributed by atoms with Crippen LogP contribution in [0.5, 0.6) is 0 Å². The number of nitrogens with zero attached hydrogens (tertiary/aromatic N) is 4. The van der Waals surface area contributed by atoms with Crippen LogP contribution in [0.25, 0.3) is 0 Å². The minimum atomic E-state index is -2.17. The summed E-state index contributed by atoms with van der Waals surface area (Å²) >= 11 is 0. The molecule has 0 bridgehead atoms. The number of hydrogen-bond donors (Lipinski definition) is 0. The summed E-state index contributed by atoms with van der Waals surface area (Å²) in [7, 11) is 1.08. The Balaban J connectivity index is 2.72. The molecule has 0 N–H and O–H groups in total. The number of hydrogen-bond acceptors (Lipinski definition) is 9. The first-order valence-corrected chi connectivity index (χ1v) is 8.58. The first kappa shape index (κ1) is 21.6. The fraction of sp³-hybridized carbons (Fsp3) is 0.412. The first-order valence-electron chi connectivity index (χ1n) is 8.58. The number of benzene rings is 1. The van der Waals surface area contributed by atoms with Crippen molar-refractivity contribution in [2.75, 3.05) is 20.3 Å². The number of rotatable bonds is 5. The quantitative estimate of drug-likeness (QED) is 0.312. The zero-order valence-electron chi connectivity index (χ0n) is 16.3. The lowest BCUT2D eigenvalue weighted by Crippen LogP contribution is -2.59. The zero-order chi connectivity index (χ0) is 21.8. The molecule has 12 nitrogen and oxygen atoms in total. The van der Waals surface area contributed by atoms with Crippen molar-refractivity contribution in [1.82, 2.24) is 10.0 Å². The monoisotopic (exact) mass is 408 g/mol. The van der Waals surface area contributed by atoms with E-state index >= 15 is 0 Å². The lowest BCUT2D eigenvalue weighted by molar-refractivity contribution is -0.384. The van der Waals surface area contributed by atoms with Crippen molar-refractivity contribution in [3.8, 4) is 0 Å². The van der Waals surface area contributed by atoms with E-state index in [0.717, 1.165) is 24.3 Å². The van der Waals surface area contributed by atoms with Crippen molar-refractivity contribution < 1.29 is 33.5 Å². The van der Waals surface area contributed by atoms with Crippen molar-refractivity contribution in [2.24, 2.45) is 4.99 Å². The van der Waals surface area contributed by atoms with Gasteiger partial charge in [-0.2, -0.15) is 10.0 Å². The number of esters is 1. The maximum absolute atomic E-state index is 12.9. The second-order valence-electron chi connectivity index (χ2n) is 5.65. The largest absolute Gasteiger partial charge is 0.465 e. The minimum Gasteiger partial charge on any atom is -0.465 e. The Kier molecular flexibility index (Phi) is 6.36. The van der Waals surface area contributed by atoms with E-state index in [1.54, 1.807) is 13.8 Å². The van der Waals surface area contributed by atoms with E-state index in [2.05, 4.69) is 4.99 Å². The molecule has 1 aliphatic rings. The summed E-state index contributed by atoms with van der Waals surface area (Å²) in [4.78, 5) is 52.7. The number of amides is 2. The summed E-state index contributed by atoms with van der Waals surface area (Å²) in [6.45, 7) is 4.45. The van der Waals surface area contributed by atoms with Gasteiger partial charge in [-0.15, -0.1) is 0 Å². The summed E-state index contributed by atoms with van der Waals surface area (Å²) in [5.74, 6) is -1.05. The molecule has 12 heteroatoms. The number of non-ortho nitro benzene ring substituents is 1. The average molecular weight is 408 g/mol. The number of ether oxygens (including phenoxy) is 3. The molecular weight excluding hydrogens is 388 g/mol. The van der Waals surface area contributed by atoms with E-state index in [0.29, 0.717) is 5.01 Å². The van der Waals surface area contributed by atoms with Crippen LogP contribution in [0.1, 0.15) is 26.3 Å². The van der Waals surface area contributed by atoms with Gasteiger partial charge in [0, 0.05) is 17.7 Å². The van der Waals surface area contributed by atoms with Crippen LogP contribution in [0.15, 0.2) is 29.3 Å². The van der Waals surface area contributed by atoms with Gasteiger partial charge in [-0.1, -0.05) is 0 Å². The molecule has 2 rings (SSSR count). The summed E-state index contributed by atoms with van der Waals surface area (Å²) in [6.07, 6.45) is -2.03. The standard InChI is InChI=1S/C17H20N4O8/c1-5-28-15(23)19-11(3)18-17(14(22)27-4,20(19)16(24)29-6-2)12-7-9-13(10-8-12)21(25)26/h7-10H,5-6H2,1-4H3. The van der Waals surface area contributed by atoms with Gasteiger partial charge in [-0.25, -0.2) is 19.4 Å². The molecule has 1 heterocycles. The number of aliphatic imine (C=N–C) groups is 1. The van der Waals surface area contributed by atoms with Crippen LogP contribution in [-0.2, 0) is 24.7 Å². The molecule has 0 spiro atoms. The van der Waals surface area contributed by atoms with Crippen molar-refractivity contribution in [3.63, 3.8) is 0 Å². The van der Waals surface area contributed by atoms with E-state index in [4.69, 9.17) is 14.2 Å². The lowest BCUT2D eigenvalue weighted by Gasteiger charge is -2.36. The van der Waals surface area contributed by atoms with Crippen molar-refractivity contribution >= 4 is 29.7 Å². The highest BCUT2D eigenvalue weighted by Crippen LogP contribution is 2.39. The predicted octanol–water partition coefficient (Wildman–Crippen LogP) is 2.18. The highest BCUT2D eigenvalue weighted by atomic mass is 16.6. The van der Waals surface area contributed by atoms with E-state index in [1.165, 1.54) is 19.1 Å². The SMILES string of the molecule is CCOC(=O)N1C(C)=NC(C(=O)OC)(c2ccc([N+](=O)[O-])cc2)N1C(=O)OCC. The first-order chi connectivity index (χ1) is 13.7. The third-order valence-corrected chi connectivity index (χ3v) is 3.97. The van der Waals surface area contributed by atoms with E-state index in [1.807, 2.05) is 0 Å². The van der Waals surface area contributed by atoms with Crippen LogP contribution in [0.3, 0.4) is 0 Å². The van der Waals surface area contributed by atoms with Crippen LogP contribution >= 0.6 is 0 Å². The number of methoxy groups -OCH3 is 1. The Bertz CT molecular complexity index is 853. The Morgan fingerprint density at radius 3 is 2.14 bits per heavy atom. The Morgan fingerprint density at radius 2 is 1.66 bits per heavy atom. The fourth-order valence-corrected chi connectivity index (χ4v) is 2.81. The van der Waals surface area contributed by atoms with Crippen LogP contribution in [0.2, 0.25) is 0 Å². The molecule has 0 fully saturated rings. The Labute approximate surface area is 165 Å². The average Bonchev–Trinajstić information content (AvgIpc) is 3.02. The van der Waals surface area contributed by atoms with Gasteiger partial charge in [0.05, 0.1) is 25.2 Å². The number of nitro groups is 1. The molecule has 29 heavy (non-hydrogen) atoms. The van der Waals surface area contributed by atoms with Gasteiger partial charge in [0.25, 0.3) is 11.4 Å². The van der Waals surface area contributed by atoms with Crippen molar-refractivity contribution in [2.45, 2.75) is 26.4 Å². The molecule has 156 valence electrons. The molecule has 1 atom stereocenters. The fourth-order valence-electron chi connectivity index (χ4n) is 2.81. The predicted molar refractivity (Wildman–Crippen MR) is 97.6 cm³/mol. The maximum atomic E-state index is 12.9. The van der Waals surface area contributed by atoms with Crippen molar-refractivity contribution in [3.05, 3.63) is 39.9 Å². The highest BCUT2D eigenvalue weighted by molar-refractivity contribution is 6.02. The molecule has 0 aromatic heterocycles. The van der Waals surface area contributed by atoms with Gasteiger partial charge in [0.2, 0.25) is 0 Å². The molecule has 1 aromatic carbocycles. The van der Waals surface area contributed by atoms with E-state index in [-0.39, 0.29) is 30.3 Å². The number of hydrazine groups is 1. The normalized spacial score (nSPS) is 18.1. The summed E-state index contributed by atoms with van der Waals surface area (Å²) < 4.78 is 14.8. The topological polar surface area (TPSA) is 141 Å².